The predicted molar refractivity (Wildman–Crippen MR) is 82.3 cm³/mol. The molecule has 1 aliphatic rings. The summed E-state index contributed by atoms with van der Waals surface area (Å²) in [7, 11) is 0. The van der Waals surface area contributed by atoms with Gasteiger partial charge < -0.3 is 15.2 Å². The molecule has 1 aromatic carbocycles. The zero-order valence-electron chi connectivity index (χ0n) is 12.4. The molecule has 2 rings (SSSR count). The molecule has 2 atom stereocenters. The standard InChI is InChI=1S/C16H24ClNO2/c1-16(2,3)18-10-11-12(17)6-4-8-14(11)20-15-9-5-7-13(15)19/h4,6,8,13,15,18-19H,5,7,9-10H2,1-3H3. The SMILES string of the molecule is CC(C)(C)NCc1c(Cl)cccc1OC1CCCC1O. The monoisotopic (exact) mass is 297 g/mol. The van der Waals surface area contributed by atoms with E-state index in [-0.39, 0.29) is 17.7 Å². The van der Waals surface area contributed by atoms with Gasteiger partial charge in [-0.25, -0.2) is 0 Å². The van der Waals surface area contributed by atoms with Gasteiger partial charge in [-0.1, -0.05) is 17.7 Å². The summed E-state index contributed by atoms with van der Waals surface area (Å²) in [5.74, 6) is 0.778. The average molecular weight is 298 g/mol. The van der Waals surface area contributed by atoms with E-state index < -0.39 is 0 Å². The van der Waals surface area contributed by atoms with Gasteiger partial charge in [0.1, 0.15) is 11.9 Å². The van der Waals surface area contributed by atoms with Crippen molar-refractivity contribution in [3.05, 3.63) is 28.8 Å². The minimum atomic E-state index is -0.364. The molecule has 2 N–H and O–H groups in total. The number of ether oxygens (including phenoxy) is 1. The van der Waals surface area contributed by atoms with Gasteiger partial charge in [0.15, 0.2) is 0 Å². The first-order valence-corrected chi connectivity index (χ1v) is 7.62. The van der Waals surface area contributed by atoms with Crippen LogP contribution in [0.4, 0.5) is 0 Å². The van der Waals surface area contributed by atoms with Crippen molar-refractivity contribution in [2.75, 3.05) is 0 Å². The van der Waals surface area contributed by atoms with E-state index in [0.717, 1.165) is 30.6 Å². The maximum absolute atomic E-state index is 9.90. The second kappa shape index (κ2) is 6.33. The molecular weight excluding hydrogens is 274 g/mol. The van der Waals surface area contributed by atoms with Crippen molar-refractivity contribution in [2.24, 2.45) is 0 Å². The van der Waals surface area contributed by atoms with Crippen molar-refractivity contribution in [3.8, 4) is 5.75 Å². The number of hydrogen-bond acceptors (Lipinski definition) is 3. The molecule has 0 amide bonds. The maximum Gasteiger partial charge on any atom is 0.125 e. The first-order valence-electron chi connectivity index (χ1n) is 7.24. The van der Waals surface area contributed by atoms with E-state index in [1.54, 1.807) is 0 Å². The first kappa shape index (κ1) is 15.6. The van der Waals surface area contributed by atoms with E-state index in [1.807, 2.05) is 18.2 Å². The zero-order chi connectivity index (χ0) is 14.8. The van der Waals surface area contributed by atoms with Crippen LogP contribution < -0.4 is 10.1 Å². The molecule has 0 heterocycles. The Morgan fingerprint density at radius 2 is 2.10 bits per heavy atom. The van der Waals surface area contributed by atoms with Gasteiger partial charge in [0.2, 0.25) is 0 Å². The number of hydrogen-bond donors (Lipinski definition) is 2. The third-order valence-corrected chi connectivity index (χ3v) is 3.92. The highest BCUT2D eigenvalue weighted by Crippen LogP contribution is 2.31. The fourth-order valence-corrected chi connectivity index (χ4v) is 2.61. The summed E-state index contributed by atoms with van der Waals surface area (Å²) >= 11 is 6.30. The Labute approximate surface area is 126 Å². The van der Waals surface area contributed by atoms with Gasteiger partial charge in [-0.05, 0) is 52.2 Å². The smallest absolute Gasteiger partial charge is 0.125 e. The summed E-state index contributed by atoms with van der Waals surface area (Å²) in [4.78, 5) is 0. The van der Waals surface area contributed by atoms with Gasteiger partial charge in [-0.3, -0.25) is 0 Å². The van der Waals surface area contributed by atoms with E-state index in [9.17, 15) is 5.11 Å². The van der Waals surface area contributed by atoms with Gasteiger partial charge >= 0.3 is 0 Å². The van der Waals surface area contributed by atoms with Crippen LogP contribution in [-0.4, -0.2) is 22.9 Å². The summed E-state index contributed by atoms with van der Waals surface area (Å²) in [6.45, 7) is 7.00. The van der Waals surface area contributed by atoms with Gasteiger partial charge in [0.05, 0.1) is 6.10 Å². The molecule has 0 bridgehead atoms. The van der Waals surface area contributed by atoms with Crippen LogP contribution in [0.25, 0.3) is 0 Å². The molecule has 2 unspecified atom stereocenters. The third-order valence-electron chi connectivity index (χ3n) is 3.57. The van der Waals surface area contributed by atoms with Crippen LogP contribution in [-0.2, 0) is 6.54 Å². The Morgan fingerprint density at radius 3 is 2.70 bits per heavy atom. The van der Waals surface area contributed by atoms with Gasteiger partial charge in [-0.15, -0.1) is 0 Å². The van der Waals surface area contributed by atoms with Crippen LogP contribution in [0.2, 0.25) is 5.02 Å². The first-order chi connectivity index (χ1) is 9.37. The molecular formula is C16H24ClNO2. The lowest BCUT2D eigenvalue weighted by Crippen LogP contribution is -2.35. The number of halogens is 1. The molecule has 3 nitrogen and oxygen atoms in total. The normalized spacial score (nSPS) is 23.1. The largest absolute Gasteiger partial charge is 0.487 e. The second-order valence-corrected chi connectivity index (χ2v) is 6.88. The van der Waals surface area contributed by atoms with E-state index in [4.69, 9.17) is 16.3 Å². The van der Waals surface area contributed by atoms with Crippen molar-refractivity contribution >= 4 is 11.6 Å². The fourth-order valence-electron chi connectivity index (χ4n) is 2.38. The molecule has 1 fully saturated rings. The Hall–Kier alpha value is -0.770. The van der Waals surface area contributed by atoms with Crippen molar-refractivity contribution in [2.45, 2.75) is 64.3 Å². The topological polar surface area (TPSA) is 41.5 Å². The van der Waals surface area contributed by atoms with E-state index in [0.29, 0.717) is 11.6 Å². The van der Waals surface area contributed by atoms with Crippen molar-refractivity contribution in [1.82, 2.24) is 5.32 Å². The molecule has 0 saturated heterocycles. The molecule has 0 spiro atoms. The van der Waals surface area contributed by atoms with Crippen LogP contribution in [0, 0.1) is 0 Å². The van der Waals surface area contributed by atoms with Crippen molar-refractivity contribution in [3.63, 3.8) is 0 Å². The van der Waals surface area contributed by atoms with Gasteiger partial charge in [0.25, 0.3) is 0 Å². The van der Waals surface area contributed by atoms with Gasteiger partial charge in [0, 0.05) is 22.7 Å². The van der Waals surface area contributed by atoms with Crippen LogP contribution in [0.3, 0.4) is 0 Å². The lowest BCUT2D eigenvalue weighted by atomic mass is 10.1. The summed E-state index contributed by atoms with van der Waals surface area (Å²) < 4.78 is 5.99. The maximum atomic E-state index is 9.90. The lowest BCUT2D eigenvalue weighted by molar-refractivity contribution is 0.0596. The number of aliphatic hydroxyl groups excluding tert-OH is 1. The van der Waals surface area contributed by atoms with Crippen LogP contribution in [0.15, 0.2) is 18.2 Å². The minimum Gasteiger partial charge on any atom is -0.487 e. The van der Waals surface area contributed by atoms with E-state index in [2.05, 4.69) is 26.1 Å². The highest BCUT2D eigenvalue weighted by Gasteiger charge is 2.28. The van der Waals surface area contributed by atoms with Crippen molar-refractivity contribution < 1.29 is 9.84 Å². The third kappa shape index (κ3) is 4.11. The number of rotatable bonds is 4. The molecule has 0 aromatic heterocycles. The minimum absolute atomic E-state index is 0.0172. The Kier molecular flexibility index (Phi) is 4.95. The number of aliphatic hydroxyl groups is 1. The fraction of sp³-hybridized carbons (Fsp3) is 0.625. The highest BCUT2D eigenvalue weighted by molar-refractivity contribution is 6.31. The summed E-state index contributed by atoms with van der Waals surface area (Å²) in [5.41, 5.74) is 0.978. The number of nitrogens with one attached hydrogen (secondary N) is 1. The molecule has 0 aliphatic heterocycles. The zero-order valence-corrected chi connectivity index (χ0v) is 13.2. The van der Waals surface area contributed by atoms with Crippen molar-refractivity contribution in [1.29, 1.82) is 0 Å². The Balaban J connectivity index is 2.13. The van der Waals surface area contributed by atoms with Crippen LogP contribution >= 0.6 is 11.6 Å². The van der Waals surface area contributed by atoms with Crippen LogP contribution in [0.1, 0.15) is 45.6 Å². The summed E-state index contributed by atoms with van der Waals surface area (Å²) in [5, 5.41) is 14.0. The second-order valence-electron chi connectivity index (χ2n) is 6.47. The predicted octanol–water partition coefficient (Wildman–Crippen LogP) is 3.52. The molecule has 0 radical (unpaired) electrons. The summed E-state index contributed by atoms with van der Waals surface area (Å²) in [6.07, 6.45) is 2.27. The quantitative estimate of drug-likeness (QED) is 0.893. The molecule has 112 valence electrons. The molecule has 1 aromatic rings. The molecule has 4 heteroatoms. The Morgan fingerprint density at radius 1 is 1.35 bits per heavy atom. The van der Waals surface area contributed by atoms with Crippen LogP contribution in [0.5, 0.6) is 5.75 Å². The Bertz CT molecular complexity index is 456. The molecule has 1 aliphatic carbocycles. The molecule has 20 heavy (non-hydrogen) atoms. The van der Waals surface area contributed by atoms with Gasteiger partial charge in [-0.2, -0.15) is 0 Å². The highest BCUT2D eigenvalue weighted by atomic mass is 35.5. The summed E-state index contributed by atoms with van der Waals surface area (Å²) in [6, 6.07) is 5.69. The van der Waals surface area contributed by atoms with E-state index in [1.165, 1.54) is 0 Å². The molecule has 1 saturated carbocycles. The van der Waals surface area contributed by atoms with E-state index >= 15 is 0 Å². The average Bonchev–Trinajstić information content (AvgIpc) is 2.73. The number of benzene rings is 1. The lowest BCUT2D eigenvalue weighted by Gasteiger charge is -2.24.